The van der Waals surface area contributed by atoms with Crippen LogP contribution >= 0.6 is 0 Å². The number of hydrogen-bond donors (Lipinski definition) is 2. The van der Waals surface area contributed by atoms with Crippen molar-refractivity contribution in [2.45, 2.75) is 81.1 Å². The molecule has 0 saturated carbocycles. The molecule has 0 saturated heterocycles. The first-order chi connectivity index (χ1) is 16.4. The molecule has 3 N–H and O–H groups in total. The molecule has 1 heterocycles. The van der Waals surface area contributed by atoms with Crippen LogP contribution in [0.2, 0.25) is 0 Å². The third kappa shape index (κ3) is 5.90. The summed E-state index contributed by atoms with van der Waals surface area (Å²) in [5, 5.41) is 10.1. The molecule has 0 radical (unpaired) electrons. The zero-order valence-corrected chi connectivity index (χ0v) is 21.1. The van der Waals surface area contributed by atoms with Crippen LogP contribution in [0.5, 0.6) is 0 Å². The summed E-state index contributed by atoms with van der Waals surface area (Å²) in [4.78, 5) is 12.5. The molecule has 2 aromatic rings. The molecule has 1 aliphatic rings. The van der Waals surface area contributed by atoms with E-state index in [2.05, 4.69) is 0 Å². The van der Waals surface area contributed by atoms with Gasteiger partial charge in [0.25, 0.3) is 10.0 Å². The maximum absolute atomic E-state index is 13.7. The molecule has 1 unspecified atom stereocenters. The van der Waals surface area contributed by atoms with Crippen LogP contribution in [0, 0.1) is 5.82 Å². The Kier molecular flexibility index (Phi) is 7.61. The van der Waals surface area contributed by atoms with E-state index >= 15 is 0 Å². The first-order valence-corrected chi connectivity index (χ1v) is 12.9. The lowest BCUT2D eigenvalue weighted by molar-refractivity contribution is -0.258. The van der Waals surface area contributed by atoms with Crippen molar-refractivity contribution < 1.29 is 35.9 Å². The van der Waals surface area contributed by atoms with Gasteiger partial charge in [-0.2, -0.15) is 13.2 Å². The summed E-state index contributed by atoms with van der Waals surface area (Å²) in [6.07, 6.45) is -4.14. The second kappa shape index (κ2) is 9.75. The van der Waals surface area contributed by atoms with Crippen LogP contribution < -0.4 is 10.0 Å². The Bertz CT molecular complexity index is 1220. The molecule has 198 valence electrons. The number of anilines is 1. The van der Waals surface area contributed by atoms with Gasteiger partial charge in [-0.05, 0) is 81.5 Å². The molecule has 2 atom stereocenters. The topological polar surface area (TPSA) is 101 Å². The molecule has 11 heteroatoms. The Balaban J connectivity index is 2.05. The van der Waals surface area contributed by atoms with Crippen molar-refractivity contribution in [2.24, 2.45) is 5.73 Å². The minimum atomic E-state index is -4.94. The van der Waals surface area contributed by atoms with E-state index < -0.39 is 44.8 Å². The van der Waals surface area contributed by atoms with Crippen LogP contribution in [0.4, 0.5) is 23.2 Å². The number of ketones is 1. The number of halogens is 4. The Hall–Kier alpha value is -2.50. The van der Waals surface area contributed by atoms with Crippen molar-refractivity contribution in [3.8, 4) is 0 Å². The van der Waals surface area contributed by atoms with E-state index in [1.165, 1.54) is 6.07 Å². The number of nitrogens with zero attached hydrogens (tertiary/aromatic N) is 1. The number of rotatable bonds is 8. The van der Waals surface area contributed by atoms with Crippen LogP contribution in [0.1, 0.15) is 57.6 Å². The minimum absolute atomic E-state index is 0.113. The zero-order chi connectivity index (χ0) is 27.1. The van der Waals surface area contributed by atoms with Crippen molar-refractivity contribution in [1.29, 1.82) is 0 Å². The SMILES string of the molecule is CC(C)(N)CCC(=O)C[C@@H]1CCc2cc(C(C)(O)C(F)(F)F)ccc2N1S(=O)(=O)c1ccc(F)cc1. The second-order valence-corrected chi connectivity index (χ2v) is 11.9. The monoisotopic (exact) mass is 530 g/mol. The fourth-order valence-corrected chi connectivity index (χ4v) is 5.88. The quantitative estimate of drug-likeness (QED) is 0.487. The zero-order valence-electron chi connectivity index (χ0n) is 20.3. The summed E-state index contributed by atoms with van der Waals surface area (Å²) < 4.78 is 82.0. The van der Waals surface area contributed by atoms with E-state index in [4.69, 9.17) is 5.73 Å². The fraction of sp³-hybridized carbons (Fsp3) is 0.480. The lowest BCUT2D eigenvalue weighted by Gasteiger charge is -2.38. The highest BCUT2D eigenvalue weighted by Gasteiger charge is 2.51. The Morgan fingerprint density at radius 2 is 1.72 bits per heavy atom. The average Bonchev–Trinajstić information content (AvgIpc) is 2.76. The molecule has 0 fully saturated rings. The summed E-state index contributed by atoms with van der Waals surface area (Å²) in [7, 11) is -4.30. The highest BCUT2D eigenvalue weighted by molar-refractivity contribution is 7.92. The van der Waals surface area contributed by atoms with Crippen LogP contribution in [-0.4, -0.2) is 37.1 Å². The van der Waals surface area contributed by atoms with Gasteiger partial charge >= 0.3 is 6.18 Å². The van der Waals surface area contributed by atoms with Crippen molar-refractivity contribution in [1.82, 2.24) is 0 Å². The van der Waals surface area contributed by atoms with E-state index in [1.54, 1.807) is 13.8 Å². The van der Waals surface area contributed by atoms with Gasteiger partial charge in [-0.3, -0.25) is 9.10 Å². The van der Waals surface area contributed by atoms with E-state index in [-0.39, 0.29) is 47.6 Å². The number of nitrogens with two attached hydrogens (primary N) is 1. The predicted octanol–water partition coefficient (Wildman–Crippen LogP) is 4.58. The smallest absolute Gasteiger partial charge is 0.376 e. The molecule has 0 aromatic heterocycles. The third-order valence-electron chi connectivity index (χ3n) is 6.39. The van der Waals surface area contributed by atoms with Gasteiger partial charge in [0, 0.05) is 18.4 Å². The summed E-state index contributed by atoms with van der Waals surface area (Å²) in [5.41, 5.74) is 2.22. The highest BCUT2D eigenvalue weighted by atomic mass is 32.2. The summed E-state index contributed by atoms with van der Waals surface area (Å²) in [6, 6.07) is 6.76. The summed E-state index contributed by atoms with van der Waals surface area (Å²) in [5.74, 6) is -0.832. The number of hydrogen-bond acceptors (Lipinski definition) is 5. The molecular formula is C25H30F4N2O4S. The Morgan fingerprint density at radius 1 is 1.11 bits per heavy atom. The number of carbonyl (C=O) groups excluding carboxylic acids is 1. The molecule has 0 aliphatic carbocycles. The van der Waals surface area contributed by atoms with Gasteiger partial charge in [-0.15, -0.1) is 0 Å². The number of aryl methyl sites for hydroxylation is 1. The minimum Gasteiger partial charge on any atom is -0.376 e. The first kappa shape index (κ1) is 28.1. The highest BCUT2D eigenvalue weighted by Crippen LogP contribution is 2.43. The average molecular weight is 531 g/mol. The largest absolute Gasteiger partial charge is 0.421 e. The number of alkyl halides is 3. The number of sulfonamides is 1. The van der Waals surface area contributed by atoms with Gasteiger partial charge in [-0.25, -0.2) is 12.8 Å². The van der Waals surface area contributed by atoms with Crippen molar-refractivity contribution in [2.75, 3.05) is 4.31 Å². The lowest BCUT2D eigenvalue weighted by atomic mass is 9.88. The van der Waals surface area contributed by atoms with E-state index in [9.17, 15) is 35.9 Å². The third-order valence-corrected chi connectivity index (χ3v) is 8.27. The van der Waals surface area contributed by atoms with Crippen molar-refractivity contribution >= 4 is 21.5 Å². The Labute approximate surface area is 208 Å². The van der Waals surface area contributed by atoms with Crippen LogP contribution in [0.15, 0.2) is 47.4 Å². The van der Waals surface area contributed by atoms with Gasteiger partial charge in [-0.1, -0.05) is 12.1 Å². The molecule has 2 aromatic carbocycles. The second-order valence-electron chi connectivity index (χ2n) is 10.1. The Morgan fingerprint density at radius 3 is 2.28 bits per heavy atom. The van der Waals surface area contributed by atoms with Gasteiger partial charge < -0.3 is 10.8 Å². The number of fused-ring (bicyclic) bond motifs is 1. The maximum atomic E-state index is 13.7. The predicted molar refractivity (Wildman–Crippen MR) is 127 cm³/mol. The summed E-state index contributed by atoms with van der Waals surface area (Å²) >= 11 is 0. The van der Waals surface area contributed by atoms with Crippen LogP contribution in [0.25, 0.3) is 0 Å². The van der Waals surface area contributed by atoms with E-state index in [0.717, 1.165) is 40.7 Å². The number of benzene rings is 2. The molecule has 0 amide bonds. The molecule has 36 heavy (non-hydrogen) atoms. The molecule has 0 bridgehead atoms. The van der Waals surface area contributed by atoms with Crippen LogP contribution in [-0.2, 0) is 26.8 Å². The van der Waals surface area contributed by atoms with Gasteiger partial charge in [0.1, 0.15) is 11.6 Å². The molecule has 3 rings (SSSR count). The fourth-order valence-electron chi connectivity index (χ4n) is 4.16. The number of carbonyl (C=O) groups is 1. The molecule has 1 aliphatic heterocycles. The molecular weight excluding hydrogens is 500 g/mol. The molecule has 0 spiro atoms. The first-order valence-electron chi connectivity index (χ1n) is 11.5. The van der Waals surface area contributed by atoms with E-state index in [0.29, 0.717) is 13.3 Å². The van der Waals surface area contributed by atoms with Gasteiger partial charge in [0.2, 0.25) is 0 Å². The van der Waals surface area contributed by atoms with Crippen LogP contribution in [0.3, 0.4) is 0 Å². The standard InChI is InChI=1S/C25H30F4N2O4S/c1-23(2,30)13-12-20(32)15-19-8-4-16-14-17(24(3,33)25(27,28)29)5-11-22(16)31(19)36(34,35)21-9-6-18(26)7-10-21/h5-7,9-11,14,19,33H,4,8,12-13,15,30H2,1-3H3/t19-,24?/m0/s1. The number of aliphatic hydroxyl groups is 1. The normalized spacial score (nSPS) is 18.5. The van der Waals surface area contributed by atoms with Crippen molar-refractivity contribution in [3.05, 3.63) is 59.4 Å². The van der Waals surface area contributed by atoms with Gasteiger partial charge in [0.05, 0.1) is 16.6 Å². The maximum Gasteiger partial charge on any atom is 0.421 e. The molecule has 6 nitrogen and oxygen atoms in total. The van der Waals surface area contributed by atoms with Crippen molar-refractivity contribution in [3.63, 3.8) is 0 Å². The summed E-state index contributed by atoms with van der Waals surface area (Å²) in [6.45, 7) is 4.18. The van der Waals surface area contributed by atoms with Gasteiger partial charge in [0.15, 0.2) is 5.60 Å². The number of Topliss-reactive ketones (excluding diaryl/α,β-unsaturated/α-hetero) is 1. The van der Waals surface area contributed by atoms with E-state index in [1.807, 2.05) is 0 Å². The lowest BCUT2D eigenvalue weighted by Crippen LogP contribution is -2.45.